The number of hydrogen-bond acceptors (Lipinski definition) is 4. The lowest BCUT2D eigenvalue weighted by atomic mass is 9.82. The standard InChI is InChI=1S/C66H36N4/c1-5-17-41-37(13-1)29-33-67-63(41)59-45-21-9-10-22-46(45)60(64-42-18-6-2-14-38(42)30-34-68-64)56-50-27-28-52-54-51(26-25-49(53(50)54)55(56)59)57-58(52)62(66-44-20-8-4-16-40(44)32-36-70-66)48-24-12-11-23-47(48)61(57)65-43-19-7-3-15-39(43)31-35-69-65/h1-36H. The summed E-state index contributed by atoms with van der Waals surface area (Å²) in [5.74, 6) is 0. The molecule has 0 bridgehead atoms. The Morgan fingerprint density at radius 1 is 0.186 bits per heavy atom. The second-order valence-corrected chi connectivity index (χ2v) is 18.7. The summed E-state index contributed by atoms with van der Waals surface area (Å²) in [4.78, 5) is 21.2. The highest BCUT2D eigenvalue weighted by atomic mass is 14.7. The molecule has 0 atom stereocenters. The molecule has 0 fully saturated rings. The predicted molar refractivity (Wildman–Crippen MR) is 291 cm³/mol. The molecule has 0 spiro atoms. The fourth-order valence-electron chi connectivity index (χ4n) is 12.5. The summed E-state index contributed by atoms with van der Waals surface area (Å²) >= 11 is 0. The van der Waals surface area contributed by atoms with Gasteiger partial charge >= 0.3 is 0 Å². The summed E-state index contributed by atoms with van der Waals surface area (Å²) in [6.45, 7) is 0. The van der Waals surface area contributed by atoms with Crippen molar-refractivity contribution in [3.8, 4) is 89.5 Å². The fraction of sp³-hybridized carbons (Fsp3) is 0. The largest absolute Gasteiger partial charge is 0.256 e. The zero-order valence-corrected chi connectivity index (χ0v) is 37.6. The van der Waals surface area contributed by atoms with E-state index in [0.717, 1.165) is 110 Å². The summed E-state index contributed by atoms with van der Waals surface area (Å²) in [6, 6.07) is 70.6. The van der Waals surface area contributed by atoms with Gasteiger partial charge in [-0.1, -0.05) is 170 Å². The third kappa shape index (κ3) is 4.93. The molecule has 320 valence electrons. The van der Waals surface area contributed by atoms with Gasteiger partial charge in [-0.05, 0) is 100 Å². The Morgan fingerprint density at radius 2 is 0.400 bits per heavy atom. The molecular weight excluding hydrogens is 849 g/mol. The van der Waals surface area contributed by atoms with E-state index >= 15 is 0 Å². The van der Waals surface area contributed by atoms with Gasteiger partial charge in [-0.25, -0.2) is 0 Å². The molecule has 2 aliphatic rings. The number of rotatable bonds is 4. The van der Waals surface area contributed by atoms with E-state index in [1.54, 1.807) is 0 Å². The van der Waals surface area contributed by atoms with Crippen LogP contribution in [0.1, 0.15) is 0 Å². The van der Waals surface area contributed by atoms with E-state index in [-0.39, 0.29) is 0 Å². The van der Waals surface area contributed by atoms with Crippen molar-refractivity contribution >= 4 is 75.4 Å². The second-order valence-electron chi connectivity index (χ2n) is 18.7. The Labute approximate surface area is 401 Å². The number of fused-ring (bicyclic) bond motifs is 12. The smallest absolute Gasteiger partial charge is 0.0793 e. The zero-order chi connectivity index (χ0) is 45.6. The molecule has 0 radical (unpaired) electrons. The number of pyridine rings is 4. The van der Waals surface area contributed by atoms with Crippen LogP contribution in [-0.2, 0) is 0 Å². The molecule has 10 aromatic carbocycles. The molecule has 14 aromatic rings. The van der Waals surface area contributed by atoms with Crippen LogP contribution < -0.4 is 0 Å². The monoisotopic (exact) mass is 884 g/mol. The van der Waals surface area contributed by atoms with E-state index in [1.165, 1.54) is 55.3 Å². The maximum atomic E-state index is 5.31. The molecule has 4 heterocycles. The highest BCUT2D eigenvalue weighted by molar-refractivity contribution is 6.36. The topological polar surface area (TPSA) is 51.6 Å². The summed E-state index contributed by atoms with van der Waals surface area (Å²) in [7, 11) is 0. The summed E-state index contributed by atoms with van der Waals surface area (Å²) in [6.07, 6.45) is 7.89. The number of nitrogens with zero attached hydrogens (tertiary/aromatic N) is 4. The number of aromatic nitrogens is 4. The summed E-state index contributed by atoms with van der Waals surface area (Å²) < 4.78 is 0. The first-order valence-electron chi connectivity index (χ1n) is 24.0. The lowest BCUT2D eigenvalue weighted by Gasteiger charge is -2.21. The average Bonchev–Trinajstić information content (AvgIpc) is 3.93. The molecule has 0 saturated heterocycles. The third-order valence-corrected chi connectivity index (χ3v) is 15.3. The van der Waals surface area contributed by atoms with Crippen LogP contribution >= 0.6 is 0 Å². The molecule has 4 nitrogen and oxygen atoms in total. The fourth-order valence-corrected chi connectivity index (χ4v) is 12.5. The van der Waals surface area contributed by atoms with Gasteiger partial charge in [-0.15, -0.1) is 0 Å². The van der Waals surface area contributed by atoms with Gasteiger partial charge in [0, 0.05) is 90.8 Å². The van der Waals surface area contributed by atoms with Crippen molar-refractivity contribution in [2.75, 3.05) is 0 Å². The van der Waals surface area contributed by atoms with Crippen LogP contribution in [0.5, 0.6) is 0 Å². The Bertz CT molecular complexity index is 4060. The number of benzene rings is 10. The molecule has 70 heavy (non-hydrogen) atoms. The lowest BCUT2D eigenvalue weighted by molar-refractivity contribution is 1.35. The first-order chi connectivity index (χ1) is 34.8. The zero-order valence-electron chi connectivity index (χ0n) is 37.6. The molecule has 0 aliphatic heterocycles. The van der Waals surface area contributed by atoms with Gasteiger partial charge in [-0.2, -0.15) is 0 Å². The molecule has 0 N–H and O–H groups in total. The molecular formula is C66H36N4. The van der Waals surface area contributed by atoms with Gasteiger partial charge in [0.2, 0.25) is 0 Å². The maximum Gasteiger partial charge on any atom is 0.0793 e. The molecule has 0 saturated carbocycles. The van der Waals surface area contributed by atoms with Crippen molar-refractivity contribution < 1.29 is 0 Å². The Balaban J connectivity index is 1.11. The predicted octanol–water partition coefficient (Wildman–Crippen LogP) is 17.3. The SMILES string of the molecule is c1ccc2c(-c3c4c(c(-c5nccc6ccccc56)c5ccccc35)-c3ccc5c6c(ccc-4c36)-c3c-5c(-c4nccc5ccccc45)c4ccccc4c3-c3nccc4ccccc34)nccc2c1. The van der Waals surface area contributed by atoms with E-state index in [1.807, 2.05) is 24.8 Å². The second kappa shape index (κ2) is 14.1. The van der Waals surface area contributed by atoms with Crippen LogP contribution in [-0.4, -0.2) is 19.9 Å². The van der Waals surface area contributed by atoms with Crippen LogP contribution in [0.3, 0.4) is 0 Å². The van der Waals surface area contributed by atoms with Gasteiger partial charge in [0.25, 0.3) is 0 Å². The van der Waals surface area contributed by atoms with Crippen LogP contribution in [0.25, 0.3) is 165 Å². The van der Waals surface area contributed by atoms with Crippen molar-refractivity contribution in [3.05, 3.63) is 219 Å². The molecule has 4 heteroatoms. The van der Waals surface area contributed by atoms with Gasteiger partial charge < -0.3 is 0 Å². The van der Waals surface area contributed by atoms with Crippen molar-refractivity contribution in [3.63, 3.8) is 0 Å². The normalized spacial score (nSPS) is 12.3. The highest BCUT2D eigenvalue weighted by Gasteiger charge is 2.38. The molecule has 0 unspecified atom stereocenters. The van der Waals surface area contributed by atoms with Crippen LogP contribution in [0.4, 0.5) is 0 Å². The number of hydrogen-bond donors (Lipinski definition) is 0. The third-order valence-electron chi connectivity index (χ3n) is 15.3. The van der Waals surface area contributed by atoms with Crippen molar-refractivity contribution in [2.24, 2.45) is 0 Å². The van der Waals surface area contributed by atoms with Crippen molar-refractivity contribution in [1.29, 1.82) is 0 Å². The minimum absolute atomic E-state index is 0.978. The van der Waals surface area contributed by atoms with E-state index in [4.69, 9.17) is 19.9 Å². The minimum Gasteiger partial charge on any atom is -0.256 e. The quantitative estimate of drug-likeness (QED) is 0.177. The van der Waals surface area contributed by atoms with Crippen LogP contribution in [0.15, 0.2) is 219 Å². The van der Waals surface area contributed by atoms with Gasteiger partial charge in [0.15, 0.2) is 0 Å². The summed E-state index contributed by atoms with van der Waals surface area (Å²) in [5, 5.41) is 16.2. The van der Waals surface area contributed by atoms with E-state index in [2.05, 4.69) is 194 Å². The Hall–Kier alpha value is -9.38. The van der Waals surface area contributed by atoms with Crippen LogP contribution in [0.2, 0.25) is 0 Å². The minimum atomic E-state index is 0.978. The highest BCUT2D eigenvalue weighted by Crippen LogP contribution is 2.65. The molecule has 0 amide bonds. The van der Waals surface area contributed by atoms with Gasteiger partial charge in [0.1, 0.15) is 0 Å². The Morgan fingerprint density at radius 3 is 0.643 bits per heavy atom. The van der Waals surface area contributed by atoms with Crippen molar-refractivity contribution in [1.82, 2.24) is 19.9 Å². The first kappa shape index (κ1) is 37.7. The maximum absolute atomic E-state index is 5.31. The van der Waals surface area contributed by atoms with Crippen LogP contribution in [0, 0.1) is 0 Å². The summed E-state index contributed by atoms with van der Waals surface area (Å²) in [5.41, 5.74) is 18.1. The molecule has 4 aromatic heterocycles. The molecule has 16 rings (SSSR count). The van der Waals surface area contributed by atoms with E-state index in [9.17, 15) is 0 Å². The van der Waals surface area contributed by atoms with E-state index in [0.29, 0.717) is 0 Å². The Kier molecular flexibility index (Phi) is 7.58. The van der Waals surface area contributed by atoms with Gasteiger partial charge in [0.05, 0.1) is 22.8 Å². The molecule has 2 aliphatic carbocycles. The van der Waals surface area contributed by atoms with E-state index < -0.39 is 0 Å². The van der Waals surface area contributed by atoms with Gasteiger partial charge in [-0.3, -0.25) is 19.9 Å². The first-order valence-corrected chi connectivity index (χ1v) is 24.0. The van der Waals surface area contributed by atoms with Crippen molar-refractivity contribution in [2.45, 2.75) is 0 Å². The average molecular weight is 885 g/mol. The lowest BCUT2D eigenvalue weighted by Crippen LogP contribution is -1.98.